The molecule has 0 unspecified atom stereocenters. The fraction of sp³-hybridized carbons (Fsp3) is 0.188. The van der Waals surface area contributed by atoms with Crippen LogP contribution in [-0.2, 0) is 6.54 Å². The molecule has 1 aromatic carbocycles. The molecule has 2 rings (SSSR count). The van der Waals surface area contributed by atoms with Gasteiger partial charge in [0.2, 0.25) is 12.3 Å². The average Bonchev–Trinajstić information content (AvgIpc) is 2.41. The van der Waals surface area contributed by atoms with Crippen molar-refractivity contribution in [1.29, 1.82) is 0 Å². The number of aromatic nitrogens is 1. The number of carbonyl (C=O) groups excluding carboxylic acids is 2. The summed E-state index contributed by atoms with van der Waals surface area (Å²) in [7, 11) is 0. The molecule has 0 aliphatic rings. The topological polar surface area (TPSA) is 64.0 Å². The summed E-state index contributed by atoms with van der Waals surface area (Å²) in [5.74, 6) is -0.489. The Morgan fingerprint density at radius 1 is 1.20 bits per heavy atom. The Kier molecular flexibility index (Phi) is 3.94. The van der Waals surface area contributed by atoms with Crippen molar-refractivity contribution < 1.29 is 14.2 Å². The number of primary amides is 1. The van der Waals surface area contributed by atoms with Crippen molar-refractivity contribution in [2.24, 2.45) is 5.73 Å². The molecule has 20 heavy (non-hydrogen) atoms. The van der Waals surface area contributed by atoms with Crippen LogP contribution < -0.4 is 10.3 Å². The van der Waals surface area contributed by atoms with Gasteiger partial charge in [0.15, 0.2) is 12.4 Å². The van der Waals surface area contributed by atoms with Gasteiger partial charge in [0, 0.05) is 11.6 Å². The summed E-state index contributed by atoms with van der Waals surface area (Å²) in [5, 5.41) is 0. The van der Waals surface area contributed by atoms with Gasteiger partial charge in [-0.05, 0) is 31.5 Å². The number of benzene rings is 1. The number of pyridine rings is 1. The molecule has 0 saturated carbocycles. The summed E-state index contributed by atoms with van der Waals surface area (Å²) in [6.07, 6.45) is 3.33. The van der Waals surface area contributed by atoms with Crippen LogP contribution in [0.5, 0.6) is 0 Å². The lowest BCUT2D eigenvalue weighted by atomic mass is 10.0. The highest BCUT2D eigenvalue weighted by molar-refractivity contribution is 5.96. The molecule has 0 aliphatic heterocycles. The molecule has 0 spiro atoms. The smallest absolute Gasteiger partial charge is 0.254 e. The van der Waals surface area contributed by atoms with E-state index in [1.165, 1.54) is 0 Å². The van der Waals surface area contributed by atoms with E-state index in [0.29, 0.717) is 11.1 Å². The quantitative estimate of drug-likeness (QED) is 0.676. The van der Waals surface area contributed by atoms with Crippen molar-refractivity contribution in [3.63, 3.8) is 0 Å². The number of hydrogen-bond acceptors (Lipinski definition) is 2. The van der Waals surface area contributed by atoms with E-state index in [9.17, 15) is 9.59 Å². The van der Waals surface area contributed by atoms with Crippen LogP contribution >= 0.6 is 0 Å². The fourth-order valence-corrected chi connectivity index (χ4v) is 2.05. The minimum atomic E-state index is -0.501. The van der Waals surface area contributed by atoms with Crippen LogP contribution in [0, 0.1) is 13.8 Å². The molecule has 0 aliphatic carbocycles. The number of Topliss-reactive ketones (excluding diaryl/α,β-unsaturated/α-hetero) is 1. The van der Waals surface area contributed by atoms with Crippen LogP contribution in [0.2, 0.25) is 0 Å². The Labute approximate surface area is 117 Å². The molecule has 2 aromatic rings. The van der Waals surface area contributed by atoms with Gasteiger partial charge in [-0.1, -0.05) is 17.7 Å². The number of nitrogens with zero attached hydrogens (tertiary/aromatic N) is 1. The molecule has 4 heteroatoms. The van der Waals surface area contributed by atoms with Crippen LogP contribution in [-0.4, -0.2) is 11.7 Å². The summed E-state index contributed by atoms with van der Waals surface area (Å²) in [6.45, 7) is 4.06. The van der Waals surface area contributed by atoms with Gasteiger partial charge in [-0.2, -0.15) is 4.57 Å². The van der Waals surface area contributed by atoms with E-state index >= 15 is 0 Å². The molecule has 2 N–H and O–H groups in total. The van der Waals surface area contributed by atoms with Crippen LogP contribution in [0.1, 0.15) is 31.8 Å². The predicted octanol–water partition coefficient (Wildman–Crippen LogP) is 1.57. The predicted molar refractivity (Wildman–Crippen MR) is 75.4 cm³/mol. The average molecular weight is 269 g/mol. The molecule has 1 amide bonds. The van der Waals surface area contributed by atoms with Crippen LogP contribution in [0.25, 0.3) is 0 Å². The van der Waals surface area contributed by atoms with Crippen molar-refractivity contribution in [2.75, 3.05) is 0 Å². The normalized spacial score (nSPS) is 10.3. The molecular weight excluding hydrogens is 252 g/mol. The first-order chi connectivity index (χ1) is 9.47. The number of aryl methyl sites for hydroxylation is 2. The van der Waals surface area contributed by atoms with Crippen molar-refractivity contribution in [3.05, 3.63) is 65.0 Å². The monoisotopic (exact) mass is 269 g/mol. The maximum atomic E-state index is 12.3. The molecule has 0 fully saturated rings. The van der Waals surface area contributed by atoms with E-state index in [1.54, 1.807) is 29.1 Å². The number of carbonyl (C=O) groups is 2. The summed E-state index contributed by atoms with van der Waals surface area (Å²) < 4.78 is 1.67. The van der Waals surface area contributed by atoms with Gasteiger partial charge in [-0.25, -0.2) is 0 Å². The zero-order valence-corrected chi connectivity index (χ0v) is 11.6. The number of amides is 1. The third-order valence-electron chi connectivity index (χ3n) is 3.16. The first-order valence-electron chi connectivity index (χ1n) is 6.37. The van der Waals surface area contributed by atoms with Crippen molar-refractivity contribution in [1.82, 2.24) is 0 Å². The van der Waals surface area contributed by atoms with Crippen molar-refractivity contribution in [2.45, 2.75) is 20.4 Å². The largest absolute Gasteiger partial charge is 0.365 e. The molecule has 1 aromatic heterocycles. The van der Waals surface area contributed by atoms with Gasteiger partial charge >= 0.3 is 0 Å². The molecule has 4 nitrogen and oxygen atoms in total. The number of nitrogens with two attached hydrogens (primary N) is 1. The van der Waals surface area contributed by atoms with Gasteiger partial charge in [0.1, 0.15) is 5.56 Å². The summed E-state index contributed by atoms with van der Waals surface area (Å²) in [6, 6.07) is 9.13. The fourth-order valence-electron chi connectivity index (χ4n) is 2.05. The Balaban J connectivity index is 2.25. The Morgan fingerprint density at radius 2 is 1.95 bits per heavy atom. The standard InChI is InChI=1S/C16H16N2O2/c1-11-5-6-12(2)14(8-11)15(19)10-18-7-3-4-13(9-18)16(17)20/h3-9H,10H2,1-2H3,(H-,17,20)/p+1. The Morgan fingerprint density at radius 3 is 2.65 bits per heavy atom. The lowest BCUT2D eigenvalue weighted by molar-refractivity contribution is -0.683. The Bertz CT molecular complexity index is 678. The summed E-state index contributed by atoms with van der Waals surface area (Å²) in [5.41, 5.74) is 8.33. The molecule has 0 saturated heterocycles. The lowest BCUT2D eigenvalue weighted by Gasteiger charge is -2.04. The highest BCUT2D eigenvalue weighted by atomic mass is 16.1. The van der Waals surface area contributed by atoms with Gasteiger partial charge in [-0.15, -0.1) is 0 Å². The van der Waals surface area contributed by atoms with E-state index in [-0.39, 0.29) is 12.3 Å². The maximum absolute atomic E-state index is 12.3. The van der Waals surface area contributed by atoms with E-state index in [0.717, 1.165) is 11.1 Å². The molecule has 0 radical (unpaired) electrons. The zero-order chi connectivity index (χ0) is 14.7. The molecule has 0 bridgehead atoms. The van der Waals surface area contributed by atoms with Crippen LogP contribution in [0.3, 0.4) is 0 Å². The molecule has 1 heterocycles. The summed E-state index contributed by atoms with van der Waals surface area (Å²) >= 11 is 0. The van der Waals surface area contributed by atoms with E-state index < -0.39 is 5.91 Å². The SMILES string of the molecule is Cc1ccc(C)c(C(=O)C[n+]2cccc(C(N)=O)c2)c1. The number of rotatable bonds is 4. The highest BCUT2D eigenvalue weighted by Gasteiger charge is 2.15. The number of hydrogen-bond donors (Lipinski definition) is 1. The molecule has 102 valence electrons. The third-order valence-corrected chi connectivity index (χ3v) is 3.16. The van der Waals surface area contributed by atoms with Crippen LogP contribution in [0.15, 0.2) is 42.7 Å². The maximum Gasteiger partial charge on any atom is 0.254 e. The Hall–Kier alpha value is -2.49. The minimum Gasteiger partial charge on any atom is -0.365 e. The summed E-state index contributed by atoms with van der Waals surface area (Å²) in [4.78, 5) is 23.5. The van der Waals surface area contributed by atoms with Gasteiger partial charge in [0.05, 0.1) is 0 Å². The van der Waals surface area contributed by atoms with Gasteiger partial charge in [0.25, 0.3) is 5.91 Å². The first-order valence-corrected chi connectivity index (χ1v) is 6.37. The van der Waals surface area contributed by atoms with Gasteiger partial charge in [-0.3, -0.25) is 9.59 Å². The second-order valence-corrected chi connectivity index (χ2v) is 4.87. The zero-order valence-electron chi connectivity index (χ0n) is 11.6. The van der Waals surface area contributed by atoms with Crippen molar-refractivity contribution >= 4 is 11.7 Å². The van der Waals surface area contributed by atoms with E-state index in [4.69, 9.17) is 5.73 Å². The third kappa shape index (κ3) is 3.09. The van der Waals surface area contributed by atoms with Gasteiger partial charge < -0.3 is 5.73 Å². The molecule has 0 atom stereocenters. The molecular formula is C16H17N2O2+. The second-order valence-electron chi connectivity index (χ2n) is 4.87. The van der Waals surface area contributed by atoms with Crippen LogP contribution in [0.4, 0.5) is 0 Å². The van der Waals surface area contributed by atoms with Crippen molar-refractivity contribution in [3.8, 4) is 0 Å². The van der Waals surface area contributed by atoms with E-state index in [2.05, 4.69) is 0 Å². The minimum absolute atomic E-state index is 0.0119. The number of ketones is 1. The highest BCUT2D eigenvalue weighted by Crippen LogP contribution is 2.11. The van der Waals surface area contributed by atoms with E-state index in [1.807, 2.05) is 32.0 Å². The lowest BCUT2D eigenvalue weighted by Crippen LogP contribution is -2.38. The second kappa shape index (κ2) is 5.65. The first kappa shape index (κ1) is 13.9.